The van der Waals surface area contributed by atoms with Crippen LogP contribution in [0.1, 0.15) is 66.2 Å². The summed E-state index contributed by atoms with van der Waals surface area (Å²) in [5.74, 6) is -0.741. The number of nitrogens with one attached hydrogen (secondary N) is 1. The van der Waals surface area contributed by atoms with Gasteiger partial charge in [-0.2, -0.15) is 0 Å². The molecule has 1 amide bonds. The highest BCUT2D eigenvalue weighted by atomic mass is 16.4. The number of hydrogen-bond donors (Lipinski definition) is 2. The molecular formula is C16H29NO3. The first-order valence-corrected chi connectivity index (χ1v) is 7.77. The molecular weight excluding hydrogens is 254 g/mol. The molecule has 4 heteroatoms. The van der Waals surface area contributed by atoms with Gasteiger partial charge in [-0.05, 0) is 38.0 Å². The van der Waals surface area contributed by atoms with Crippen molar-refractivity contribution in [3.05, 3.63) is 0 Å². The van der Waals surface area contributed by atoms with Crippen LogP contribution < -0.4 is 5.32 Å². The first-order chi connectivity index (χ1) is 9.24. The fourth-order valence-electron chi connectivity index (χ4n) is 3.08. The second-order valence-corrected chi connectivity index (χ2v) is 7.01. The fourth-order valence-corrected chi connectivity index (χ4v) is 3.08. The van der Waals surface area contributed by atoms with Gasteiger partial charge in [0.1, 0.15) is 0 Å². The highest BCUT2D eigenvalue weighted by Crippen LogP contribution is 2.42. The number of carboxylic acid groups (broad SMARTS) is 1. The average Bonchev–Trinajstić information content (AvgIpc) is 2.68. The monoisotopic (exact) mass is 283 g/mol. The Hall–Kier alpha value is -1.06. The zero-order valence-corrected chi connectivity index (χ0v) is 13.2. The first-order valence-electron chi connectivity index (χ1n) is 7.77. The minimum atomic E-state index is -0.741. The Morgan fingerprint density at radius 3 is 2.45 bits per heavy atom. The van der Waals surface area contributed by atoms with Crippen LogP contribution in [0.2, 0.25) is 0 Å². The molecule has 3 unspecified atom stereocenters. The van der Waals surface area contributed by atoms with Crippen molar-refractivity contribution in [2.24, 2.45) is 17.3 Å². The standard InChI is InChI=1S/C16H29NO3/c1-11(15(19)20)7-5-8-12(2)17-14(18)13-9-6-10-16(13,3)4/h11-13H,5-10H2,1-4H3,(H,17,18)(H,19,20). The van der Waals surface area contributed by atoms with Gasteiger partial charge in [-0.1, -0.05) is 33.6 Å². The van der Waals surface area contributed by atoms with E-state index in [-0.39, 0.29) is 29.2 Å². The third kappa shape index (κ3) is 4.80. The molecule has 1 aliphatic rings. The summed E-state index contributed by atoms with van der Waals surface area (Å²) in [6, 6.07) is 0.125. The smallest absolute Gasteiger partial charge is 0.306 e. The number of rotatable bonds is 7. The van der Waals surface area contributed by atoms with Crippen molar-refractivity contribution in [3.63, 3.8) is 0 Å². The van der Waals surface area contributed by atoms with E-state index in [2.05, 4.69) is 19.2 Å². The average molecular weight is 283 g/mol. The summed E-state index contributed by atoms with van der Waals surface area (Å²) in [4.78, 5) is 23.0. The normalized spacial score (nSPS) is 24.1. The summed E-state index contributed by atoms with van der Waals surface area (Å²) in [7, 11) is 0. The molecule has 0 spiro atoms. The molecule has 2 N–H and O–H groups in total. The maximum absolute atomic E-state index is 12.3. The summed E-state index contributed by atoms with van der Waals surface area (Å²) in [6.07, 6.45) is 5.59. The molecule has 1 aliphatic carbocycles. The number of amides is 1. The number of carbonyl (C=O) groups excluding carboxylic acids is 1. The molecule has 0 heterocycles. The second-order valence-electron chi connectivity index (χ2n) is 7.01. The van der Waals surface area contributed by atoms with Crippen LogP contribution in [0, 0.1) is 17.3 Å². The van der Waals surface area contributed by atoms with Gasteiger partial charge in [-0.25, -0.2) is 0 Å². The highest BCUT2D eigenvalue weighted by molar-refractivity contribution is 5.80. The number of carbonyl (C=O) groups is 2. The van der Waals surface area contributed by atoms with E-state index in [1.807, 2.05) is 6.92 Å². The fraction of sp³-hybridized carbons (Fsp3) is 0.875. The molecule has 1 fully saturated rings. The maximum Gasteiger partial charge on any atom is 0.306 e. The van der Waals surface area contributed by atoms with Crippen molar-refractivity contribution in [2.75, 3.05) is 0 Å². The van der Waals surface area contributed by atoms with Gasteiger partial charge in [0.2, 0.25) is 5.91 Å². The third-order valence-electron chi connectivity index (χ3n) is 4.66. The van der Waals surface area contributed by atoms with Crippen LogP contribution >= 0.6 is 0 Å². The third-order valence-corrected chi connectivity index (χ3v) is 4.66. The van der Waals surface area contributed by atoms with E-state index < -0.39 is 5.97 Å². The molecule has 20 heavy (non-hydrogen) atoms. The molecule has 116 valence electrons. The Labute approximate surface area is 122 Å². The predicted octanol–water partition coefficient (Wildman–Crippen LogP) is 3.21. The van der Waals surface area contributed by atoms with Crippen LogP contribution in [0.5, 0.6) is 0 Å². The van der Waals surface area contributed by atoms with Crippen LogP contribution in [0.4, 0.5) is 0 Å². The van der Waals surface area contributed by atoms with Crippen LogP contribution in [-0.4, -0.2) is 23.0 Å². The Bertz CT molecular complexity index is 352. The van der Waals surface area contributed by atoms with Gasteiger partial charge in [0.05, 0.1) is 5.92 Å². The largest absolute Gasteiger partial charge is 0.481 e. The quantitative estimate of drug-likeness (QED) is 0.754. The maximum atomic E-state index is 12.3. The molecule has 0 aromatic rings. The van der Waals surface area contributed by atoms with Crippen LogP contribution in [0.3, 0.4) is 0 Å². The van der Waals surface area contributed by atoms with E-state index in [1.54, 1.807) is 6.92 Å². The molecule has 0 aromatic heterocycles. The van der Waals surface area contributed by atoms with E-state index in [4.69, 9.17) is 5.11 Å². The molecule has 0 bridgehead atoms. The van der Waals surface area contributed by atoms with Crippen molar-refractivity contribution in [1.29, 1.82) is 0 Å². The zero-order chi connectivity index (χ0) is 15.3. The second kappa shape index (κ2) is 7.09. The van der Waals surface area contributed by atoms with Gasteiger partial charge in [-0.3, -0.25) is 9.59 Å². The van der Waals surface area contributed by atoms with Crippen molar-refractivity contribution in [1.82, 2.24) is 5.32 Å². The summed E-state index contributed by atoms with van der Waals surface area (Å²) in [5.41, 5.74) is 0.113. The Balaban J connectivity index is 2.30. The highest BCUT2D eigenvalue weighted by Gasteiger charge is 2.39. The molecule has 4 nitrogen and oxygen atoms in total. The van der Waals surface area contributed by atoms with Gasteiger partial charge in [0, 0.05) is 12.0 Å². The van der Waals surface area contributed by atoms with Gasteiger partial charge >= 0.3 is 5.97 Å². The van der Waals surface area contributed by atoms with Crippen molar-refractivity contribution < 1.29 is 14.7 Å². The van der Waals surface area contributed by atoms with E-state index >= 15 is 0 Å². The van der Waals surface area contributed by atoms with Crippen LogP contribution in [-0.2, 0) is 9.59 Å². The van der Waals surface area contributed by atoms with E-state index in [0.717, 1.165) is 32.1 Å². The van der Waals surface area contributed by atoms with E-state index in [9.17, 15) is 9.59 Å². The van der Waals surface area contributed by atoms with Crippen molar-refractivity contribution in [3.8, 4) is 0 Å². The molecule has 0 aromatic carbocycles. The topological polar surface area (TPSA) is 66.4 Å². The Morgan fingerprint density at radius 2 is 1.95 bits per heavy atom. The summed E-state index contributed by atoms with van der Waals surface area (Å²) in [5, 5.41) is 11.9. The number of hydrogen-bond acceptors (Lipinski definition) is 2. The van der Waals surface area contributed by atoms with E-state index in [0.29, 0.717) is 6.42 Å². The van der Waals surface area contributed by atoms with Crippen molar-refractivity contribution in [2.45, 2.75) is 72.3 Å². The van der Waals surface area contributed by atoms with Crippen LogP contribution in [0.15, 0.2) is 0 Å². The van der Waals surface area contributed by atoms with Gasteiger partial charge in [-0.15, -0.1) is 0 Å². The first kappa shape index (κ1) is 17.0. The SMILES string of the molecule is CC(CCCC(C)C(=O)O)NC(=O)C1CCCC1(C)C. The van der Waals surface area contributed by atoms with Gasteiger partial charge in [0.25, 0.3) is 0 Å². The minimum Gasteiger partial charge on any atom is -0.481 e. The molecule has 0 radical (unpaired) electrons. The Kier molecular flexibility index (Phi) is 6.03. The molecule has 3 atom stereocenters. The van der Waals surface area contributed by atoms with Gasteiger partial charge in [0.15, 0.2) is 0 Å². The zero-order valence-electron chi connectivity index (χ0n) is 13.2. The lowest BCUT2D eigenvalue weighted by Gasteiger charge is -2.27. The Morgan fingerprint density at radius 1 is 1.30 bits per heavy atom. The molecule has 1 saturated carbocycles. The lowest BCUT2D eigenvalue weighted by atomic mass is 9.81. The summed E-state index contributed by atoms with van der Waals surface area (Å²) in [6.45, 7) is 8.07. The summed E-state index contributed by atoms with van der Waals surface area (Å²) < 4.78 is 0. The lowest BCUT2D eigenvalue weighted by Crippen LogP contribution is -2.40. The van der Waals surface area contributed by atoms with Crippen LogP contribution in [0.25, 0.3) is 0 Å². The van der Waals surface area contributed by atoms with E-state index in [1.165, 1.54) is 0 Å². The molecule has 0 saturated heterocycles. The van der Waals surface area contributed by atoms with Gasteiger partial charge < -0.3 is 10.4 Å². The summed E-state index contributed by atoms with van der Waals surface area (Å²) >= 11 is 0. The predicted molar refractivity (Wildman–Crippen MR) is 79.4 cm³/mol. The van der Waals surface area contributed by atoms with Crippen molar-refractivity contribution >= 4 is 11.9 Å². The number of carboxylic acids is 1. The number of aliphatic carboxylic acids is 1. The lowest BCUT2D eigenvalue weighted by molar-refractivity contribution is -0.141. The molecule has 1 rings (SSSR count). The minimum absolute atomic E-state index is 0.113. The molecule has 0 aliphatic heterocycles.